The summed E-state index contributed by atoms with van der Waals surface area (Å²) in [6.45, 7) is 0. The van der Waals surface area contributed by atoms with Crippen molar-refractivity contribution in [2.24, 2.45) is 0 Å². The molecule has 0 radical (unpaired) electrons. The normalized spacial score (nSPS) is 10.3. The number of nitrogen functional groups attached to an aromatic ring is 1. The van der Waals surface area contributed by atoms with E-state index in [0.29, 0.717) is 21.4 Å². The van der Waals surface area contributed by atoms with Crippen molar-refractivity contribution in [2.45, 2.75) is 0 Å². The molecule has 0 spiro atoms. The van der Waals surface area contributed by atoms with Crippen molar-refractivity contribution in [3.05, 3.63) is 52.3 Å². The lowest BCUT2D eigenvalue weighted by Crippen LogP contribution is -2.22. The van der Waals surface area contributed by atoms with Gasteiger partial charge in [0.1, 0.15) is 5.82 Å². The molecular weight excluding hydrogens is 337 g/mol. The second-order valence-electron chi connectivity index (χ2n) is 4.75. The Morgan fingerprint density at radius 3 is 2.52 bits per heavy atom. The molecule has 0 saturated carbocycles. The zero-order chi connectivity index (χ0) is 15.6. The molecule has 6 heteroatoms. The molecule has 1 amide bonds. The van der Waals surface area contributed by atoms with Crippen LogP contribution in [0.25, 0.3) is 0 Å². The van der Waals surface area contributed by atoms with Crippen LogP contribution in [-0.4, -0.2) is 24.9 Å². The van der Waals surface area contributed by atoms with E-state index in [9.17, 15) is 9.18 Å². The second kappa shape index (κ2) is 6.13. The fourth-order valence-electron chi connectivity index (χ4n) is 1.83. The van der Waals surface area contributed by atoms with Crippen molar-refractivity contribution in [3.8, 4) is 0 Å². The number of carbonyl (C=O) groups is 1. The van der Waals surface area contributed by atoms with Crippen molar-refractivity contribution in [1.82, 2.24) is 4.90 Å². The topological polar surface area (TPSA) is 58.4 Å². The fraction of sp³-hybridized carbons (Fsp3) is 0.133. The number of nitrogens with one attached hydrogen (secondary N) is 1. The predicted molar refractivity (Wildman–Crippen MR) is 86.3 cm³/mol. The minimum Gasteiger partial charge on any atom is -0.399 e. The van der Waals surface area contributed by atoms with Gasteiger partial charge in [0.25, 0.3) is 5.91 Å². The van der Waals surface area contributed by atoms with Crippen LogP contribution >= 0.6 is 15.9 Å². The summed E-state index contributed by atoms with van der Waals surface area (Å²) >= 11 is 3.20. The quantitative estimate of drug-likeness (QED) is 0.830. The van der Waals surface area contributed by atoms with Gasteiger partial charge in [-0.05, 0) is 36.4 Å². The van der Waals surface area contributed by atoms with Crippen LogP contribution < -0.4 is 11.1 Å². The van der Waals surface area contributed by atoms with Crippen LogP contribution in [0.2, 0.25) is 0 Å². The molecule has 0 aliphatic carbocycles. The summed E-state index contributed by atoms with van der Waals surface area (Å²) in [7, 11) is 3.31. The number of rotatable bonds is 3. The highest BCUT2D eigenvalue weighted by Crippen LogP contribution is 2.27. The molecule has 0 aliphatic heterocycles. The summed E-state index contributed by atoms with van der Waals surface area (Å²) in [5, 5.41) is 2.92. The third-order valence-electron chi connectivity index (χ3n) is 2.88. The zero-order valence-electron chi connectivity index (χ0n) is 11.7. The third kappa shape index (κ3) is 3.52. The lowest BCUT2D eigenvalue weighted by atomic mass is 10.1. The zero-order valence-corrected chi connectivity index (χ0v) is 13.2. The molecule has 2 rings (SSSR count). The third-order valence-corrected chi connectivity index (χ3v) is 3.37. The van der Waals surface area contributed by atoms with Crippen molar-refractivity contribution < 1.29 is 9.18 Å². The Morgan fingerprint density at radius 2 is 1.90 bits per heavy atom. The molecule has 3 N–H and O–H groups in total. The number of nitrogens with two attached hydrogens (primary N) is 1. The van der Waals surface area contributed by atoms with Crippen LogP contribution in [0, 0.1) is 5.82 Å². The number of anilines is 3. The Bertz CT molecular complexity index is 689. The van der Waals surface area contributed by atoms with Crippen LogP contribution in [0.5, 0.6) is 0 Å². The monoisotopic (exact) mass is 351 g/mol. The van der Waals surface area contributed by atoms with E-state index in [-0.39, 0.29) is 11.6 Å². The molecule has 0 unspecified atom stereocenters. The van der Waals surface area contributed by atoms with Gasteiger partial charge in [-0.15, -0.1) is 0 Å². The van der Waals surface area contributed by atoms with Gasteiger partial charge in [-0.2, -0.15) is 0 Å². The van der Waals surface area contributed by atoms with Crippen LogP contribution in [0.4, 0.5) is 21.5 Å². The lowest BCUT2D eigenvalue weighted by molar-refractivity contribution is 0.0828. The van der Waals surface area contributed by atoms with Crippen molar-refractivity contribution in [3.63, 3.8) is 0 Å². The average molecular weight is 352 g/mol. The molecule has 0 atom stereocenters. The minimum atomic E-state index is -0.421. The van der Waals surface area contributed by atoms with Gasteiger partial charge in [-0.1, -0.05) is 15.9 Å². The van der Waals surface area contributed by atoms with Gasteiger partial charge in [0.05, 0.1) is 16.9 Å². The molecule has 0 saturated heterocycles. The van der Waals surface area contributed by atoms with E-state index in [4.69, 9.17) is 5.73 Å². The van der Waals surface area contributed by atoms with Gasteiger partial charge in [-0.3, -0.25) is 4.79 Å². The first kappa shape index (κ1) is 15.3. The lowest BCUT2D eigenvalue weighted by Gasteiger charge is -2.16. The fourth-order valence-corrected chi connectivity index (χ4v) is 2.16. The Kier molecular flexibility index (Phi) is 4.47. The van der Waals surface area contributed by atoms with Crippen molar-refractivity contribution >= 4 is 38.9 Å². The molecule has 0 aliphatic rings. The van der Waals surface area contributed by atoms with E-state index in [1.807, 2.05) is 0 Å². The molecule has 2 aromatic rings. The van der Waals surface area contributed by atoms with Crippen LogP contribution in [-0.2, 0) is 0 Å². The molecule has 2 aromatic carbocycles. The van der Waals surface area contributed by atoms with Gasteiger partial charge in [-0.25, -0.2) is 4.39 Å². The summed E-state index contributed by atoms with van der Waals surface area (Å²) in [4.78, 5) is 13.6. The maximum atomic E-state index is 13.9. The Balaban J connectivity index is 2.43. The summed E-state index contributed by atoms with van der Waals surface area (Å²) in [5.74, 6) is -0.606. The summed E-state index contributed by atoms with van der Waals surface area (Å²) < 4.78 is 14.6. The largest absolute Gasteiger partial charge is 0.399 e. The smallest absolute Gasteiger partial charge is 0.255 e. The summed E-state index contributed by atoms with van der Waals surface area (Å²) in [5.41, 5.74) is 7.41. The molecule has 0 heterocycles. The number of amides is 1. The van der Waals surface area contributed by atoms with E-state index >= 15 is 0 Å². The van der Waals surface area contributed by atoms with Gasteiger partial charge in [0.2, 0.25) is 0 Å². The maximum absolute atomic E-state index is 13.9. The van der Waals surface area contributed by atoms with Crippen molar-refractivity contribution in [2.75, 3.05) is 25.1 Å². The average Bonchev–Trinajstić information content (AvgIpc) is 2.41. The maximum Gasteiger partial charge on any atom is 0.255 e. The number of hydrogen-bond donors (Lipinski definition) is 2. The molecule has 4 nitrogen and oxygen atoms in total. The van der Waals surface area contributed by atoms with Crippen LogP contribution in [0.1, 0.15) is 10.4 Å². The molecule has 21 heavy (non-hydrogen) atoms. The Hall–Kier alpha value is -2.08. The Labute approximate surface area is 130 Å². The highest BCUT2D eigenvalue weighted by atomic mass is 79.9. The van der Waals surface area contributed by atoms with Gasteiger partial charge >= 0.3 is 0 Å². The number of nitrogens with zero attached hydrogens (tertiary/aromatic N) is 1. The molecular formula is C15H15BrFN3O. The molecule has 0 fully saturated rings. The predicted octanol–water partition coefficient (Wildman–Crippen LogP) is 3.62. The SMILES string of the molecule is CN(C)C(=O)c1ccc(N)cc1Nc1ccc(Br)cc1F. The van der Waals surface area contributed by atoms with Crippen LogP contribution in [0.15, 0.2) is 40.9 Å². The van der Waals surface area contributed by atoms with E-state index in [2.05, 4.69) is 21.2 Å². The van der Waals surface area contributed by atoms with Gasteiger partial charge in [0, 0.05) is 24.3 Å². The Morgan fingerprint density at radius 1 is 1.19 bits per heavy atom. The van der Waals surface area contributed by atoms with E-state index in [0.717, 1.165) is 0 Å². The highest BCUT2D eigenvalue weighted by molar-refractivity contribution is 9.10. The van der Waals surface area contributed by atoms with Gasteiger partial charge < -0.3 is 16.0 Å². The summed E-state index contributed by atoms with van der Waals surface area (Å²) in [6.07, 6.45) is 0. The molecule has 110 valence electrons. The number of halogens is 2. The standard InChI is InChI=1S/C15H15BrFN3O/c1-20(2)15(21)11-5-4-10(18)8-14(11)19-13-6-3-9(16)7-12(13)17/h3-8,19H,18H2,1-2H3. The molecule has 0 bridgehead atoms. The first-order valence-electron chi connectivity index (χ1n) is 6.21. The minimum absolute atomic E-state index is 0.185. The summed E-state index contributed by atoms with van der Waals surface area (Å²) in [6, 6.07) is 9.52. The number of carbonyl (C=O) groups excluding carboxylic acids is 1. The van der Waals surface area contributed by atoms with Crippen LogP contribution in [0.3, 0.4) is 0 Å². The van der Waals surface area contributed by atoms with E-state index in [1.165, 1.54) is 11.0 Å². The van der Waals surface area contributed by atoms with E-state index in [1.54, 1.807) is 44.4 Å². The number of hydrogen-bond acceptors (Lipinski definition) is 3. The van der Waals surface area contributed by atoms with Crippen molar-refractivity contribution in [1.29, 1.82) is 0 Å². The highest BCUT2D eigenvalue weighted by Gasteiger charge is 2.15. The first-order chi connectivity index (χ1) is 9.88. The number of benzene rings is 2. The first-order valence-corrected chi connectivity index (χ1v) is 7.01. The van der Waals surface area contributed by atoms with Gasteiger partial charge in [0.15, 0.2) is 0 Å². The molecule has 0 aromatic heterocycles. The second-order valence-corrected chi connectivity index (χ2v) is 5.67. The van der Waals surface area contributed by atoms with E-state index < -0.39 is 5.82 Å².